The summed E-state index contributed by atoms with van der Waals surface area (Å²) in [6.07, 6.45) is 6.55. The van der Waals surface area contributed by atoms with Crippen LogP contribution in [0.2, 0.25) is 0 Å². The monoisotopic (exact) mass is 276 g/mol. The van der Waals surface area contributed by atoms with Crippen LogP contribution in [0.25, 0.3) is 0 Å². The molecular formula is C14H28O3S. The second kappa shape index (κ2) is 5.49. The van der Waals surface area contributed by atoms with E-state index < -0.39 is 15.4 Å². The Morgan fingerprint density at radius 2 is 1.89 bits per heavy atom. The Kier molecular flexibility index (Phi) is 4.87. The number of hydrogen-bond acceptors (Lipinski definition) is 3. The highest BCUT2D eigenvalue weighted by molar-refractivity contribution is 7.90. The van der Waals surface area contributed by atoms with Crippen molar-refractivity contribution in [2.24, 2.45) is 11.3 Å². The normalized spacial score (nSPS) is 30.4. The van der Waals surface area contributed by atoms with Crippen molar-refractivity contribution >= 4 is 9.84 Å². The quantitative estimate of drug-likeness (QED) is 0.859. The highest BCUT2D eigenvalue weighted by Gasteiger charge is 2.44. The van der Waals surface area contributed by atoms with Gasteiger partial charge in [0.25, 0.3) is 0 Å². The van der Waals surface area contributed by atoms with Gasteiger partial charge in [-0.05, 0) is 37.0 Å². The lowest BCUT2D eigenvalue weighted by Crippen LogP contribution is -2.47. The van der Waals surface area contributed by atoms with Crippen molar-refractivity contribution in [2.45, 2.75) is 64.9 Å². The Labute approximate surface area is 112 Å². The summed E-state index contributed by atoms with van der Waals surface area (Å²) in [5.41, 5.74) is -0.582. The summed E-state index contributed by atoms with van der Waals surface area (Å²) < 4.78 is 22.3. The molecule has 1 saturated carbocycles. The SMILES string of the molecule is CC(C)(C)C1CCCCC1(O)CCCS(C)(=O)=O. The molecule has 2 unspecified atom stereocenters. The van der Waals surface area contributed by atoms with E-state index in [9.17, 15) is 13.5 Å². The third-order valence-electron chi connectivity index (χ3n) is 4.17. The molecule has 0 aromatic carbocycles. The standard InChI is InChI=1S/C14H28O3S/c1-13(2,3)12-8-5-6-9-14(12,15)10-7-11-18(4,16)17/h12,15H,5-11H2,1-4H3. The van der Waals surface area contributed by atoms with Crippen LogP contribution < -0.4 is 0 Å². The van der Waals surface area contributed by atoms with Crippen LogP contribution in [0.3, 0.4) is 0 Å². The first-order chi connectivity index (χ1) is 8.05. The number of aliphatic hydroxyl groups is 1. The lowest BCUT2D eigenvalue weighted by molar-refractivity contribution is -0.0950. The van der Waals surface area contributed by atoms with Crippen LogP contribution in [0, 0.1) is 11.3 Å². The molecule has 2 atom stereocenters. The maximum absolute atomic E-state index is 11.2. The smallest absolute Gasteiger partial charge is 0.147 e. The summed E-state index contributed by atoms with van der Waals surface area (Å²) in [6, 6.07) is 0. The molecule has 108 valence electrons. The van der Waals surface area contributed by atoms with Gasteiger partial charge in [-0.25, -0.2) is 8.42 Å². The molecule has 1 fully saturated rings. The highest BCUT2D eigenvalue weighted by atomic mass is 32.2. The molecule has 1 N–H and O–H groups in total. The lowest BCUT2D eigenvalue weighted by atomic mass is 9.62. The van der Waals surface area contributed by atoms with Crippen LogP contribution in [-0.4, -0.2) is 31.1 Å². The van der Waals surface area contributed by atoms with Crippen molar-refractivity contribution in [1.82, 2.24) is 0 Å². The molecule has 0 bridgehead atoms. The van der Waals surface area contributed by atoms with Crippen LogP contribution in [0.4, 0.5) is 0 Å². The molecule has 0 radical (unpaired) electrons. The predicted octanol–water partition coefficient (Wildman–Crippen LogP) is 2.78. The van der Waals surface area contributed by atoms with Crippen molar-refractivity contribution < 1.29 is 13.5 Å². The Morgan fingerprint density at radius 3 is 2.39 bits per heavy atom. The van der Waals surface area contributed by atoms with Crippen molar-refractivity contribution in [3.8, 4) is 0 Å². The maximum Gasteiger partial charge on any atom is 0.147 e. The van der Waals surface area contributed by atoms with Gasteiger partial charge in [0, 0.05) is 12.0 Å². The number of rotatable bonds is 4. The zero-order valence-electron chi connectivity index (χ0n) is 12.2. The van der Waals surface area contributed by atoms with E-state index in [-0.39, 0.29) is 17.1 Å². The van der Waals surface area contributed by atoms with Crippen LogP contribution >= 0.6 is 0 Å². The summed E-state index contributed by atoms with van der Waals surface area (Å²) in [7, 11) is -2.92. The Morgan fingerprint density at radius 1 is 1.28 bits per heavy atom. The first-order valence-electron chi connectivity index (χ1n) is 6.95. The molecule has 0 saturated heterocycles. The van der Waals surface area contributed by atoms with Gasteiger partial charge in [-0.15, -0.1) is 0 Å². The molecule has 0 spiro atoms. The molecule has 0 heterocycles. The second-order valence-electron chi connectivity index (χ2n) is 7.00. The summed E-state index contributed by atoms with van der Waals surface area (Å²) in [5, 5.41) is 10.9. The van der Waals surface area contributed by atoms with Gasteiger partial charge in [0.2, 0.25) is 0 Å². The summed E-state index contributed by atoms with van der Waals surface area (Å²) in [6.45, 7) is 6.51. The predicted molar refractivity (Wildman–Crippen MR) is 75.3 cm³/mol. The van der Waals surface area contributed by atoms with Gasteiger partial charge in [-0.2, -0.15) is 0 Å². The van der Waals surface area contributed by atoms with Gasteiger partial charge in [0.05, 0.1) is 5.60 Å². The second-order valence-corrected chi connectivity index (χ2v) is 9.26. The van der Waals surface area contributed by atoms with E-state index in [1.165, 1.54) is 12.7 Å². The summed E-state index contributed by atoms with van der Waals surface area (Å²) >= 11 is 0. The molecule has 1 aliphatic rings. The van der Waals surface area contributed by atoms with E-state index in [2.05, 4.69) is 20.8 Å². The summed E-state index contributed by atoms with van der Waals surface area (Å²) in [5.74, 6) is 0.463. The third-order valence-corrected chi connectivity index (χ3v) is 5.20. The molecular weight excluding hydrogens is 248 g/mol. The van der Waals surface area contributed by atoms with E-state index in [1.807, 2.05) is 0 Å². The average molecular weight is 276 g/mol. The molecule has 0 amide bonds. The topological polar surface area (TPSA) is 54.4 Å². The minimum Gasteiger partial charge on any atom is -0.390 e. The van der Waals surface area contributed by atoms with Crippen molar-refractivity contribution in [3.63, 3.8) is 0 Å². The lowest BCUT2D eigenvalue weighted by Gasteiger charge is -2.47. The number of hydrogen-bond donors (Lipinski definition) is 1. The molecule has 0 aromatic rings. The van der Waals surface area contributed by atoms with Gasteiger partial charge in [-0.1, -0.05) is 33.6 Å². The molecule has 3 nitrogen and oxygen atoms in total. The zero-order chi connectivity index (χ0) is 14.0. The van der Waals surface area contributed by atoms with Crippen LogP contribution in [0.15, 0.2) is 0 Å². The van der Waals surface area contributed by atoms with Gasteiger partial charge < -0.3 is 5.11 Å². The van der Waals surface area contributed by atoms with Crippen molar-refractivity contribution in [1.29, 1.82) is 0 Å². The van der Waals surface area contributed by atoms with E-state index in [4.69, 9.17) is 0 Å². The average Bonchev–Trinajstić information content (AvgIpc) is 2.13. The van der Waals surface area contributed by atoms with Gasteiger partial charge in [-0.3, -0.25) is 0 Å². The fourth-order valence-electron chi connectivity index (χ4n) is 3.40. The molecule has 0 aliphatic heterocycles. The zero-order valence-corrected chi connectivity index (χ0v) is 13.0. The Balaban J connectivity index is 2.68. The minimum atomic E-state index is -2.92. The van der Waals surface area contributed by atoms with Crippen LogP contribution in [-0.2, 0) is 9.84 Å². The fraction of sp³-hybridized carbons (Fsp3) is 1.00. The molecule has 1 aliphatic carbocycles. The van der Waals surface area contributed by atoms with E-state index in [0.717, 1.165) is 19.3 Å². The van der Waals surface area contributed by atoms with Crippen LogP contribution in [0.1, 0.15) is 59.3 Å². The fourth-order valence-corrected chi connectivity index (χ4v) is 4.07. The molecule has 0 aromatic heterocycles. The van der Waals surface area contributed by atoms with Gasteiger partial charge >= 0.3 is 0 Å². The molecule has 18 heavy (non-hydrogen) atoms. The van der Waals surface area contributed by atoms with E-state index in [1.54, 1.807) is 0 Å². The Hall–Kier alpha value is -0.0900. The largest absolute Gasteiger partial charge is 0.390 e. The Bertz CT molecular complexity index is 367. The van der Waals surface area contributed by atoms with Gasteiger partial charge in [0.1, 0.15) is 9.84 Å². The van der Waals surface area contributed by atoms with E-state index in [0.29, 0.717) is 12.8 Å². The third kappa shape index (κ3) is 4.54. The first-order valence-corrected chi connectivity index (χ1v) is 9.01. The van der Waals surface area contributed by atoms with Crippen molar-refractivity contribution in [2.75, 3.05) is 12.0 Å². The van der Waals surface area contributed by atoms with Crippen molar-refractivity contribution in [3.05, 3.63) is 0 Å². The van der Waals surface area contributed by atoms with Crippen LogP contribution in [0.5, 0.6) is 0 Å². The number of sulfone groups is 1. The highest BCUT2D eigenvalue weighted by Crippen LogP contribution is 2.46. The van der Waals surface area contributed by atoms with Gasteiger partial charge in [0.15, 0.2) is 0 Å². The molecule has 4 heteroatoms. The minimum absolute atomic E-state index is 0.0836. The van der Waals surface area contributed by atoms with E-state index >= 15 is 0 Å². The first kappa shape index (κ1) is 16.0. The maximum atomic E-state index is 11.2. The molecule has 1 rings (SSSR count). The summed E-state index contributed by atoms with van der Waals surface area (Å²) in [4.78, 5) is 0.